The highest BCUT2D eigenvalue weighted by molar-refractivity contribution is 5.42. The Morgan fingerprint density at radius 1 is 1.30 bits per heavy atom. The summed E-state index contributed by atoms with van der Waals surface area (Å²) in [5.74, 6) is 0. The molecule has 2 nitrogen and oxygen atoms in total. The molecule has 52 valence electrons. The van der Waals surface area contributed by atoms with Gasteiger partial charge in [0, 0.05) is 5.69 Å². The van der Waals surface area contributed by atoms with Gasteiger partial charge in [0.1, 0.15) is 0 Å². The first-order valence-electron chi connectivity index (χ1n) is 3.09. The van der Waals surface area contributed by atoms with Crippen LogP contribution in [0.25, 0.3) is 0 Å². The van der Waals surface area contributed by atoms with Crippen LogP contribution >= 0.6 is 0 Å². The fourth-order valence-corrected chi connectivity index (χ4v) is 0.720. The average molecular weight is 135 g/mol. The third-order valence-electron chi connectivity index (χ3n) is 1.10. The van der Waals surface area contributed by atoms with E-state index in [-0.39, 0.29) is 0 Å². The summed E-state index contributed by atoms with van der Waals surface area (Å²) >= 11 is 0. The summed E-state index contributed by atoms with van der Waals surface area (Å²) in [4.78, 5) is 0. The molecule has 0 aliphatic rings. The quantitative estimate of drug-likeness (QED) is 0.615. The van der Waals surface area contributed by atoms with Gasteiger partial charge in [0.15, 0.2) is 6.23 Å². The maximum Gasteiger partial charge on any atom is 0.162 e. The average Bonchev–Trinajstić information content (AvgIpc) is 1.88. The summed E-state index contributed by atoms with van der Waals surface area (Å²) < 4.78 is 0. The zero-order valence-electron chi connectivity index (χ0n) is 5.58. The number of hydrogen-bond donors (Lipinski definition) is 1. The summed E-state index contributed by atoms with van der Waals surface area (Å²) in [5.41, 5.74) is 0.817. The molecule has 1 rings (SSSR count). The van der Waals surface area contributed by atoms with Gasteiger partial charge in [0.05, 0.1) is 0 Å². The zero-order valence-corrected chi connectivity index (χ0v) is 5.58. The van der Waals surface area contributed by atoms with Crippen LogP contribution in [-0.4, -0.2) is 6.23 Å². The third kappa shape index (κ3) is 2.07. The summed E-state index contributed by atoms with van der Waals surface area (Å²) in [6, 6.07) is 9.29. The number of nitrogens with one attached hydrogen (secondary N) is 1. The summed E-state index contributed by atoms with van der Waals surface area (Å²) in [6.07, 6.45) is -0.984. The Labute approximate surface area is 60.5 Å². The molecule has 0 spiro atoms. The lowest BCUT2D eigenvalue weighted by Gasteiger charge is -2.05. The predicted molar refractivity (Wildman–Crippen MR) is 39.9 cm³/mol. The molecule has 1 aromatic carbocycles. The molecule has 0 aliphatic heterocycles. The molecule has 1 N–H and O–H groups in total. The van der Waals surface area contributed by atoms with Gasteiger partial charge >= 0.3 is 0 Å². The van der Waals surface area contributed by atoms with Gasteiger partial charge in [-0.05, 0) is 19.1 Å². The molecule has 0 aromatic heterocycles. The first-order chi connectivity index (χ1) is 4.79. The standard InChI is InChI=1S/C8H9NO/c1-7(10)9-8-5-3-2-4-6-8/h2-7,9H,1H2. The highest BCUT2D eigenvalue weighted by Crippen LogP contribution is 2.05. The molecule has 0 heterocycles. The predicted octanol–water partition coefficient (Wildman–Crippen LogP) is 1.69. The van der Waals surface area contributed by atoms with Crippen LogP contribution in [0.5, 0.6) is 0 Å². The van der Waals surface area contributed by atoms with Gasteiger partial charge < -0.3 is 5.32 Å². The normalized spacial score (nSPS) is 12.6. The molecular weight excluding hydrogens is 126 g/mol. The molecule has 0 amide bonds. The van der Waals surface area contributed by atoms with Crippen LogP contribution in [0.4, 0.5) is 5.69 Å². The van der Waals surface area contributed by atoms with Crippen molar-refractivity contribution in [3.63, 3.8) is 0 Å². The SMILES string of the molecule is [CH2]C([O])Nc1ccccc1. The minimum atomic E-state index is -0.984. The molecule has 2 heteroatoms. The van der Waals surface area contributed by atoms with Gasteiger partial charge in [-0.2, -0.15) is 0 Å². The van der Waals surface area contributed by atoms with Crippen molar-refractivity contribution >= 4 is 5.69 Å². The first kappa shape index (κ1) is 7.09. The summed E-state index contributed by atoms with van der Waals surface area (Å²) in [7, 11) is 0. The van der Waals surface area contributed by atoms with Gasteiger partial charge in [0.2, 0.25) is 0 Å². The number of para-hydroxylation sites is 1. The molecule has 1 unspecified atom stereocenters. The van der Waals surface area contributed by atoms with E-state index in [9.17, 15) is 5.11 Å². The molecule has 0 saturated carbocycles. The van der Waals surface area contributed by atoms with E-state index in [1.54, 1.807) is 0 Å². The zero-order chi connectivity index (χ0) is 7.40. The van der Waals surface area contributed by atoms with Crippen molar-refractivity contribution in [3.8, 4) is 0 Å². The van der Waals surface area contributed by atoms with Gasteiger partial charge in [-0.1, -0.05) is 18.2 Å². The summed E-state index contributed by atoms with van der Waals surface area (Å²) in [5, 5.41) is 13.1. The molecule has 0 fully saturated rings. The lowest BCUT2D eigenvalue weighted by molar-refractivity contribution is 0.151. The molecule has 1 aromatic rings. The second kappa shape index (κ2) is 3.22. The molecule has 0 saturated heterocycles. The van der Waals surface area contributed by atoms with E-state index in [0.717, 1.165) is 5.69 Å². The van der Waals surface area contributed by atoms with E-state index in [4.69, 9.17) is 0 Å². The molecule has 1 atom stereocenters. The fraction of sp³-hybridized carbons (Fsp3) is 0.125. The highest BCUT2D eigenvalue weighted by atomic mass is 16.3. The van der Waals surface area contributed by atoms with Gasteiger partial charge in [-0.25, -0.2) is 5.11 Å². The summed E-state index contributed by atoms with van der Waals surface area (Å²) in [6.45, 7) is 3.27. The number of hydrogen-bond acceptors (Lipinski definition) is 1. The molecule has 10 heavy (non-hydrogen) atoms. The van der Waals surface area contributed by atoms with Crippen LogP contribution in [0, 0.1) is 6.92 Å². The van der Waals surface area contributed by atoms with Crippen molar-refractivity contribution in [2.75, 3.05) is 5.32 Å². The van der Waals surface area contributed by atoms with Crippen molar-refractivity contribution in [1.29, 1.82) is 0 Å². The highest BCUT2D eigenvalue weighted by Gasteiger charge is 1.94. The molecular formula is C8H9NO. The van der Waals surface area contributed by atoms with E-state index in [1.807, 2.05) is 30.3 Å². The van der Waals surface area contributed by atoms with Gasteiger partial charge in [0.25, 0.3) is 0 Å². The topological polar surface area (TPSA) is 31.9 Å². The van der Waals surface area contributed by atoms with Crippen LogP contribution in [0.15, 0.2) is 30.3 Å². The number of rotatable bonds is 2. The Balaban J connectivity index is 2.59. The van der Waals surface area contributed by atoms with Crippen molar-refractivity contribution in [2.45, 2.75) is 6.23 Å². The second-order valence-corrected chi connectivity index (χ2v) is 2.00. The Bertz CT molecular complexity index is 184. The first-order valence-corrected chi connectivity index (χ1v) is 3.09. The smallest absolute Gasteiger partial charge is 0.162 e. The molecule has 0 aliphatic carbocycles. The van der Waals surface area contributed by atoms with Crippen LogP contribution in [0.1, 0.15) is 0 Å². The van der Waals surface area contributed by atoms with Crippen LogP contribution in [-0.2, 0) is 5.11 Å². The Morgan fingerprint density at radius 3 is 2.40 bits per heavy atom. The van der Waals surface area contributed by atoms with Gasteiger partial charge in [-0.15, -0.1) is 0 Å². The Hall–Kier alpha value is -1.02. The van der Waals surface area contributed by atoms with Gasteiger partial charge in [-0.3, -0.25) is 0 Å². The maximum absolute atomic E-state index is 10.5. The minimum Gasteiger partial charge on any atom is -0.358 e. The van der Waals surface area contributed by atoms with E-state index < -0.39 is 6.23 Å². The second-order valence-electron chi connectivity index (χ2n) is 2.00. The molecule has 2 radical (unpaired) electrons. The monoisotopic (exact) mass is 135 g/mol. The third-order valence-corrected chi connectivity index (χ3v) is 1.10. The van der Waals surface area contributed by atoms with Crippen LogP contribution in [0.2, 0.25) is 0 Å². The van der Waals surface area contributed by atoms with E-state index in [0.29, 0.717) is 0 Å². The van der Waals surface area contributed by atoms with Crippen LogP contribution in [0.3, 0.4) is 0 Å². The van der Waals surface area contributed by atoms with Crippen molar-refractivity contribution in [1.82, 2.24) is 0 Å². The van der Waals surface area contributed by atoms with Crippen molar-refractivity contribution < 1.29 is 5.11 Å². The Morgan fingerprint density at radius 2 is 1.90 bits per heavy atom. The lowest BCUT2D eigenvalue weighted by atomic mass is 10.3. The number of anilines is 1. The van der Waals surface area contributed by atoms with E-state index >= 15 is 0 Å². The largest absolute Gasteiger partial charge is 0.358 e. The van der Waals surface area contributed by atoms with Crippen molar-refractivity contribution in [3.05, 3.63) is 37.3 Å². The van der Waals surface area contributed by atoms with E-state index in [1.165, 1.54) is 0 Å². The lowest BCUT2D eigenvalue weighted by Crippen LogP contribution is -2.11. The fourth-order valence-electron chi connectivity index (χ4n) is 0.720. The minimum absolute atomic E-state index is 0.817. The Kier molecular flexibility index (Phi) is 2.29. The number of benzene rings is 1. The van der Waals surface area contributed by atoms with Crippen molar-refractivity contribution in [2.24, 2.45) is 0 Å². The molecule has 0 bridgehead atoms. The maximum atomic E-state index is 10.5. The van der Waals surface area contributed by atoms with Crippen LogP contribution < -0.4 is 5.32 Å². The van der Waals surface area contributed by atoms with E-state index in [2.05, 4.69) is 12.2 Å².